The van der Waals surface area contributed by atoms with Gasteiger partial charge in [0, 0.05) is 9.26 Å². The Morgan fingerprint density at radius 3 is 2.25 bits per heavy atom. The van der Waals surface area contributed by atoms with Crippen molar-refractivity contribution in [2.75, 3.05) is 5.32 Å². The maximum atomic E-state index is 11.9. The van der Waals surface area contributed by atoms with E-state index in [4.69, 9.17) is 4.74 Å². The number of rotatable bonds is 3. The van der Waals surface area contributed by atoms with Gasteiger partial charge >= 0.3 is 6.09 Å². The van der Waals surface area contributed by atoms with Crippen molar-refractivity contribution in [2.45, 2.75) is 39.3 Å². The highest BCUT2D eigenvalue weighted by atomic mass is 127. The lowest BCUT2D eigenvalue weighted by molar-refractivity contribution is -0.117. The third kappa shape index (κ3) is 6.23. The van der Waals surface area contributed by atoms with Crippen molar-refractivity contribution < 1.29 is 14.3 Å². The van der Waals surface area contributed by atoms with Crippen molar-refractivity contribution in [1.29, 1.82) is 0 Å². The number of ether oxygens (including phenoxy) is 1. The molecule has 0 saturated heterocycles. The molecule has 0 bridgehead atoms. The molecular formula is C14H19IN2O3. The number of alkyl carbamates (subject to hydrolysis) is 1. The van der Waals surface area contributed by atoms with Crippen molar-refractivity contribution in [1.82, 2.24) is 5.32 Å². The van der Waals surface area contributed by atoms with Gasteiger partial charge in [0.15, 0.2) is 0 Å². The lowest BCUT2D eigenvalue weighted by Gasteiger charge is -2.21. The van der Waals surface area contributed by atoms with Crippen molar-refractivity contribution in [3.05, 3.63) is 27.8 Å². The summed E-state index contributed by atoms with van der Waals surface area (Å²) in [6.07, 6.45) is -0.609. The number of nitrogens with one attached hydrogen (secondary N) is 2. The Morgan fingerprint density at radius 1 is 1.20 bits per heavy atom. The Morgan fingerprint density at radius 2 is 1.75 bits per heavy atom. The van der Waals surface area contributed by atoms with Crippen molar-refractivity contribution in [3.8, 4) is 0 Å². The smallest absolute Gasteiger partial charge is 0.408 e. The van der Waals surface area contributed by atoms with Crippen LogP contribution in [0.2, 0.25) is 0 Å². The van der Waals surface area contributed by atoms with Crippen LogP contribution >= 0.6 is 22.6 Å². The summed E-state index contributed by atoms with van der Waals surface area (Å²) in [7, 11) is 0. The molecule has 0 fully saturated rings. The fraction of sp³-hybridized carbons (Fsp3) is 0.429. The van der Waals surface area contributed by atoms with E-state index in [1.165, 1.54) is 0 Å². The molecule has 0 aliphatic rings. The Kier molecular flexibility index (Phi) is 5.79. The standard InChI is InChI=1S/C14H19IN2O3/c1-9(16-13(19)20-14(2,3)4)12(18)17-11-7-5-10(15)6-8-11/h5-9H,1-4H3,(H,16,19)(H,17,18). The minimum Gasteiger partial charge on any atom is -0.444 e. The average Bonchev–Trinajstić information content (AvgIpc) is 2.29. The number of halogens is 1. The summed E-state index contributed by atoms with van der Waals surface area (Å²) in [5.74, 6) is -0.294. The van der Waals surface area contributed by atoms with E-state index in [1.54, 1.807) is 39.8 Å². The first-order valence-corrected chi connectivity index (χ1v) is 7.31. The molecule has 6 heteroatoms. The average molecular weight is 390 g/mol. The maximum Gasteiger partial charge on any atom is 0.408 e. The minimum atomic E-state index is -0.677. The first-order valence-electron chi connectivity index (χ1n) is 6.23. The molecule has 5 nitrogen and oxygen atoms in total. The van der Waals surface area contributed by atoms with Crippen LogP contribution in [0.3, 0.4) is 0 Å². The van der Waals surface area contributed by atoms with Crippen LogP contribution in [-0.2, 0) is 9.53 Å². The third-order valence-electron chi connectivity index (χ3n) is 2.24. The van der Waals surface area contributed by atoms with Crippen LogP contribution in [0.25, 0.3) is 0 Å². The van der Waals surface area contributed by atoms with E-state index < -0.39 is 17.7 Å². The lowest BCUT2D eigenvalue weighted by atomic mass is 10.2. The van der Waals surface area contributed by atoms with Gasteiger partial charge < -0.3 is 15.4 Å². The fourth-order valence-electron chi connectivity index (χ4n) is 1.33. The number of amides is 2. The monoisotopic (exact) mass is 390 g/mol. The first-order chi connectivity index (χ1) is 9.17. The van der Waals surface area contributed by atoms with Crippen LogP contribution < -0.4 is 10.6 Å². The summed E-state index contributed by atoms with van der Waals surface area (Å²) >= 11 is 2.19. The van der Waals surface area contributed by atoms with E-state index in [9.17, 15) is 9.59 Å². The number of hydrogen-bond donors (Lipinski definition) is 2. The van der Waals surface area contributed by atoms with Gasteiger partial charge in [-0.1, -0.05) is 0 Å². The number of hydrogen-bond acceptors (Lipinski definition) is 3. The molecule has 0 radical (unpaired) electrons. The van der Waals surface area contributed by atoms with E-state index in [2.05, 4.69) is 33.2 Å². The van der Waals surface area contributed by atoms with E-state index in [-0.39, 0.29) is 5.91 Å². The molecule has 0 aliphatic heterocycles. The fourth-order valence-corrected chi connectivity index (χ4v) is 1.69. The van der Waals surface area contributed by atoms with Gasteiger partial charge in [0.25, 0.3) is 0 Å². The van der Waals surface area contributed by atoms with Gasteiger partial charge in [0.05, 0.1) is 0 Å². The topological polar surface area (TPSA) is 67.4 Å². The molecule has 0 aliphatic carbocycles. The van der Waals surface area contributed by atoms with Gasteiger partial charge in [-0.25, -0.2) is 4.79 Å². The van der Waals surface area contributed by atoms with Crippen molar-refractivity contribution in [2.24, 2.45) is 0 Å². The second kappa shape index (κ2) is 6.92. The van der Waals surface area contributed by atoms with Crippen LogP contribution in [-0.4, -0.2) is 23.6 Å². The Bertz CT molecular complexity index is 480. The molecule has 1 unspecified atom stereocenters. The van der Waals surface area contributed by atoms with Gasteiger partial charge in [0.2, 0.25) is 5.91 Å². The minimum absolute atomic E-state index is 0.294. The van der Waals surface area contributed by atoms with E-state index in [1.807, 2.05) is 12.1 Å². The highest BCUT2D eigenvalue weighted by molar-refractivity contribution is 14.1. The van der Waals surface area contributed by atoms with Crippen LogP contribution in [0, 0.1) is 3.57 Å². The normalized spacial score (nSPS) is 12.4. The number of carbonyl (C=O) groups is 2. The zero-order chi connectivity index (χ0) is 15.3. The Balaban J connectivity index is 2.51. The Hall–Kier alpha value is -1.31. The number of carbonyl (C=O) groups excluding carboxylic acids is 2. The maximum absolute atomic E-state index is 11.9. The molecule has 20 heavy (non-hydrogen) atoms. The predicted molar refractivity (Wildman–Crippen MR) is 86.6 cm³/mol. The summed E-state index contributed by atoms with van der Waals surface area (Å²) in [6, 6.07) is 6.72. The molecule has 1 atom stereocenters. The van der Waals surface area contributed by atoms with Crippen LogP contribution in [0.5, 0.6) is 0 Å². The first kappa shape index (κ1) is 16.7. The van der Waals surface area contributed by atoms with Gasteiger partial charge in [-0.15, -0.1) is 0 Å². The van der Waals surface area contributed by atoms with Gasteiger partial charge in [0.1, 0.15) is 11.6 Å². The second-order valence-electron chi connectivity index (χ2n) is 5.36. The number of anilines is 1. The molecule has 0 spiro atoms. The van der Waals surface area contributed by atoms with Crippen LogP contribution in [0.1, 0.15) is 27.7 Å². The lowest BCUT2D eigenvalue weighted by Crippen LogP contribution is -2.43. The molecule has 0 aromatic heterocycles. The third-order valence-corrected chi connectivity index (χ3v) is 2.96. The molecule has 2 N–H and O–H groups in total. The van der Waals surface area contributed by atoms with Crippen molar-refractivity contribution >= 4 is 40.3 Å². The Labute approximate surface area is 132 Å². The summed E-state index contributed by atoms with van der Waals surface area (Å²) < 4.78 is 6.18. The summed E-state index contributed by atoms with van der Waals surface area (Å²) in [5, 5.41) is 5.22. The van der Waals surface area contributed by atoms with Gasteiger partial charge in [-0.05, 0) is 74.6 Å². The highest BCUT2D eigenvalue weighted by Gasteiger charge is 2.20. The van der Waals surface area contributed by atoms with Crippen molar-refractivity contribution in [3.63, 3.8) is 0 Å². The molecule has 1 aromatic rings. The predicted octanol–water partition coefficient (Wildman–Crippen LogP) is 3.14. The SMILES string of the molecule is CC(NC(=O)OC(C)(C)C)C(=O)Nc1ccc(I)cc1. The summed E-state index contributed by atoms with van der Waals surface area (Å²) in [6.45, 7) is 6.90. The van der Waals surface area contributed by atoms with E-state index >= 15 is 0 Å². The molecule has 110 valence electrons. The quantitative estimate of drug-likeness (QED) is 0.780. The van der Waals surface area contributed by atoms with Crippen LogP contribution in [0.15, 0.2) is 24.3 Å². The van der Waals surface area contributed by atoms with E-state index in [0.717, 1.165) is 3.57 Å². The second-order valence-corrected chi connectivity index (χ2v) is 6.61. The molecular weight excluding hydrogens is 371 g/mol. The highest BCUT2D eigenvalue weighted by Crippen LogP contribution is 2.11. The summed E-state index contributed by atoms with van der Waals surface area (Å²) in [4.78, 5) is 23.5. The van der Waals surface area contributed by atoms with Gasteiger partial charge in [-0.3, -0.25) is 4.79 Å². The summed E-state index contributed by atoms with van der Waals surface area (Å²) in [5.41, 5.74) is 0.101. The molecule has 1 rings (SSSR count). The molecule has 2 amide bonds. The zero-order valence-corrected chi connectivity index (χ0v) is 14.1. The molecule has 0 saturated carbocycles. The van der Waals surface area contributed by atoms with Crippen LogP contribution in [0.4, 0.5) is 10.5 Å². The van der Waals surface area contributed by atoms with Gasteiger partial charge in [-0.2, -0.15) is 0 Å². The van der Waals surface area contributed by atoms with E-state index in [0.29, 0.717) is 5.69 Å². The molecule has 1 aromatic carbocycles. The largest absolute Gasteiger partial charge is 0.444 e. The number of benzene rings is 1. The zero-order valence-electron chi connectivity index (χ0n) is 12.0. The molecule has 0 heterocycles.